The SMILES string of the molecule is CCCCc1oc2ccccc2c1C(=O)Nc1cccc(CN2CCCC2)c1. The quantitative estimate of drug-likeness (QED) is 0.582. The number of hydrogen-bond acceptors (Lipinski definition) is 3. The minimum absolute atomic E-state index is 0.0885. The molecule has 1 fully saturated rings. The van der Waals surface area contributed by atoms with Gasteiger partial charge in [0, 0.05) is 24.0 Å². The maximum Gasteiger partial charge on any atom is 0.259 e. The van der Waals surface area contributed by atoms with Gasteiger partial charge >= 0.3 is 0 Å². The average Bonchev–Trinajstić information content (AvgIpc) is 3.33. The van der Waals surface area contributed by atoms with Crippen molar-refractivity contribution in [3.8, 4) is 0 Å². The third kappa shape index (κ3) is 4.12. The second-order valence-corrected chi connectivity index (χ2v) is 7.64. The molecule has 0 unspecified atom stereocenters. The first-order valence-corrected chi connectivity index (χ1v) is 10.4. The number of para-hydroxylation sites is 1. The summed E-state index contributed by atoms with van der Waals surface area (Å²) in [7, 11) is 0. The van der Waals surface area contributed by atoms with Crippen molar-refractivity contribution in [2.45, 2.75) is 45.6 Å². The van der Waals surface area contributed by atoms with Crippen molar-refractivity contribution in [1.82, 2.24) is 4.90 Å². The summed E-state index contributed by atoms with van der Waals surface area (Å²) >= 11 is 0. The second-order valence-electron chi connectivity index (χ2n) is 7.64. The van der Waals surface area contributed by atoms with Gasteiger partial charge in [-0.05, 0) is 56.1 Å². The van der Waals surface area contributed by atoms with E-state index < -0.39 is 0 Å². The third-order valence-corrected chi connectivity index (χ3v) is 5.44. The molecule has 0 spiro atoms. The van der Waals surface area contributed by atoms with E-state index in [1.807, 2.05) is 36.4 Å². The first-order valence-electron chi connectivity index (χ1n) is 10.4. The number of hydrogen-bond donors (Lipinski definition) is 1. The largest absolute Gasteiger partial charge is 0.460 e. The van der Waals surface area contributed by atoms with Crippen LogP contribution in [0.2, 0.25) is 0 Å². The van der Waals surface area contributed by atoms with Gasteiger partial charge in [0.2, 0.25) is 0 Å². The van der Waals surface area contributed by atoms with Crippen LogP contribution in [0.1, 0.15) is 54.3 Å². The molecule has 1 aliphatic heterocycles. The molecule has 2 heterocycles. The minimum atomic E-state index is -0.0885. The fraction of sp³-hybridized carbons (Fsp3) is 0.375. The summed E-state index contributed by atoms with van der Waals surface area (Å²) in [6.07, 6.45) is 5.42. The summed E-state index contributed by atoms with van der Waals surface area (Å²) in [6, 6.07) is 16.0. The van der Waals surface area contributed by atoms with Gasteiger partial charge in [-0.2, -0.15) is 0 Å². The first-order chi connectivity index (χ1) is 13.7. The highest BCUT2D eigenvalue weighted by molar-refractivity contribution is 6.13. The number of furan rings is 1. The molecular weight excluding hydrogens is 348 g/mol. The number of nitrogens with zero attached hydrogens (tertiary/aromatic N) is 1. The fourth-order valence-electron chi connectivity index (χ4n) is 4.00. The van der Waals surface area contributed by atoms with E-state index in [-0.39, 0.29) is 5.91 Å². The number of anilines is 1. The molecule has 146 valence electrons. The highest BCUT2D eigenvalue weighted by Gasteiger charge is 2.20. The predicted octanol–water partition coefficient (Wildman–Crippen LogP) is 5.62. The molecule has 1 aliphatic rings. The minimum Gasteiger partial charge on any atom is -0.460 e. The molecule has 3 aromatic rings. The molecular formula is C24H28N2O2. The fourth-order valence-corrected chi connectivity index (χ4v) is 4.00. The number of fused-ring (bicyclic) bond motifs is 1. The number of likely N-dealkylation sites (tertiary alicyclic amines) is 1. The average molecular weight is 377 g/mol. The van der Waals surface area contributed by atoms with Crippen LogP contribution >= 0.6 is 0 Å². The zero-order valence-corrected chi connectivity index (χ0v) is 16.5. The Labute approximate surface area is 166 Å². The number of carbonyl (C=O) groups excluding carboxylic acids is 1. The van der Waals surface area contributed by atoms with Gasteiger partial charge in [-0.15, -0.1) is 0 Å². The predicted molar refractivity (Wildman–Crippen MR) is 114 cm³/mol. The summed E-state index contributed by atoms with van der Waals surface area (Å²) in [4.78, 5) is 15.6. The third-order valence-electron chi connectivity index (χ3n) is 5.44. The molecule has 1 aromatic heterocycles. The van der Waals surface area contributed by atoms with E-state index in [4.69, 9.17) is 4.42 Å². The Balaban J connectivity index is 1.56. The van der Waals surface area contributed by atoms with Crippen LogP contribution in [0.5, 0.6) is 0 Å². The molecule has 4 nitrogen and oxygen atoms in total. The van der Waals surface area contributed by atoms with E-state index in [1.165, 1.54) is 31.5 Å². The Kier molecular flexibility index (Phi) is 5.77. The monoisotopic (exact) mass is 376 g/mol. The van der Waals surface area contributed by atoms with Crippen molar-refractivity contribution >= 4 is 22.6 Å². The Bertz CT molecular complexity index is 954. The summed E-state index contributed by atoms with van der Waals surface area (Å²) < 4.78 is 6.00. The van der Waals surface area contributed by atoms with E-state index in [0.717, 1.165) is 48.2 Å². The van der Waals surface area contributed by atoms with Gasteiger partial charge in [0.05, 0.1) is 5.56 Å². The highest BCUT2D eigenvalue weighted by atomic mass is 16.3. The molecule has 2 aromatic carbocycles. The van der Waals surface area contributed by atoms with Crippen LogP contribution in [0.15, 0.2) is 52.9 Å². The molecule has 28 heavy (non-hydrogen) atoms. The van der Waals surface area contributed by atoms with Crippen LogP contribution in [0.25, 0.3) is 11.0 Å². The molecule has 1 saturated heterocycles. The Morgan fingerprint density at radius 2 is 1.93 bits per heavy atom. The maximum absolute atomic E-state index is 13.1. The van der Waals surface area contributed by atoms with E-state index in [1.54, 1.807) is 0 Å². The van der Waals surface area contributed by atoms with Crippen molar-refractivity contribution in [3.63, 3.8) is 0 Å². The molecule has 0 aliphatic carbocycles. The van der Waals surface area contributed by atoms with Gasteiger partial charge in [-0.3, -0.25) is 9.69 Å². The second kappa shape index (κ2) is 8.61. The number of carbonyl (C=O) groups is 1. The number of benzene rings is 2. The number of unbranched alkanes of at least 4 members (excludes halogenated alkanes) is 1. The molecule has 4 heteroatoms. The van der Waals surface area contributed by atoms with Crippen molar-refractivity contribution in [1.29, 1.82) is 0 Å². The highest BCUT2D eigenvalue weighted by Crippen LogP contribution is 2.28. The van der Waals surface area contributed by atoms with Crippen molar-refractivity contribution in [3.05, 3.63) is 65.4 Å². The van der Waals surface area contributed by atoms with Crippen molar-refractivity contribution < 1.29 is 9.21 Å². The normalized spacial score (nSPS) is 14.6. The number of nitrogens with one attached hydrogen (secondary N) is 1. The van der Waals surface area contributed by atoms with Crippen molar-refractivity contribution in [2.24, 2.45) is 0 Å². The van der Waals surface area contributed by atoms with E-state index in [9.17, 15) is 4.79 Å². The number of aryl methyl sites for hydroxylation is 1. The molecule has 1 N–H and O–H groups in total. The first kappa shape index (κ1) is 18.8. The van der Waals surface area contributed by atoms with Crippen LogP contribution in [-0.4, -0.2) is 23.9 Å². The van der Waals surface area contributed by atoms with Crippen molar-refractivity contribution in [2.75, 3.05) is 18.4 Å². The van der Waals surface area contributed by atoms with Crippen LogP contribution in [0, 0.1) is 0 Å². The van der Waals surface area contributed by atoms with E-state index in [2.05, 4.69) is 29.3 Å². The summed E-state index contributed by atoms with van der Waals surface area (Å²) in [5, 5.41) is 3.99. The zero-order chi connectivity index (χ0) is 19.3. The molecule has 0 radical (unpaired) electrons. The van der Waals surface area contributed by atoms with Gasteiger partial charge in [0.1, 0.15) is 11.3 Å². The Morgan fingerprint density at radius 3 is 2.75 bits per heavy atom. The maximum atomic E-state index is 13.1. The lowest BCUT2D eigenvalue weighted by Crippen LogP contribution is -2.18. The lowest BCUT2D eigenvalue weighted by molar-refractivity contribution is 0.102. The van der Waals surface area contributed by atoms with Crippen LogP contribution < -0.4 is 5.32 Å². The standard InChI is InChI=1S/C24H28N2O2/c1-2-3-12-22-23(20-11-4-5-13-21(20)28-22)24(27)25-19-10-8-9-18(16-19)17-26-14-6-7-15-26/h4-5,8-11,13,16H,2-3,6-7,12,14-15,17H2,1H3,(H,25,27). The molecule has 0 atom stereocenters. The van der Waals surface area contributed by atoms with Crippen LogP contribution in [-0.2, 0) is 13.0 Å². The topological polar surface area (TPSA) is 45.5 Å². The Hall–Kier alpha value is -2.59. The van der Waals surface area contributed by atoms with Crippen LogP contribution in [0.3, 0.4) is 0 Å². The molecule has 4 rings (SSSR count). The van der Waals surface area contributed by atoms with Gasteiger partial charge < -0.3 is 9.73 Å². The van der Waals surface area contributed by atoms with Crippen LogP contribution in [0.4, 0.5) is 5.69 Å². The summed E-state index contributed by atoms with van der Waals surface area (Å²) in [5.41, 5.74) is 3.53. The van der Waals surface area contributed by atoms with E-state index >= 15 is 0 Å². The molecule has 1 amide bonds. The van der Waals surface area contributed by atoms with E-state index in [0.29, 0.717) is 5.56 Å². The summed E-state index contributed by atoms with van der Waals surface area (Å²) in [5.74, 6) is 0.697. The molecule has 0 saturated carbocycles. The lowest BCUT2D eigenvalue weighted by atomic mass is 10.1. The van der Waals surface area contributed by atoms with Gasteiger partial charge in [-0.25, -0.2) is 0 Å². The van der Waals surface area contributed by atoms with Gasteiger partial charge in [0.25, 0.3) is 5.91 Å². The summed E-state index contributed by atoms with van der Waals surface area (Å²) in [6.45, 7) is 5.42. The smallest absolute Gasteiger partial charge is 0.259 e. The Morgan fingerprint density at radius 1 is 1.11 bits per heavy atom. The number of rotatable bonds is 7. The lowest BCUT2D eigenvalue weighted by Gasteiger charge is -2.15. The zero-order valence-electron chi connectivity index (χ0n) is 16.5. The van der Waals surface area contributed by atoms with Gasteiger partial charge in [-0.1, -0.05) is 43.7 Å². The number of amides is 1. The molecule has 0 bridgehead atoms. The van der Waals surface area contributed by atoms with Gasteiger partial charge in [0.15, 0.2) is 0 Å².